The molecular formula is C24H23N7O4S. The maximum Gasteiger partial charge on any atom is 0.237 e. The van der Waals surface area contributed by atoms with Crippen LogP contribution in [0.25, 0.3) is 33.5 Å². The first-order chi connectivity index (χ1) is 17.4. The molecule has 1 unspecified atom stereocenters. The van der Waals surface area contributed by atoms with E-state index in [4.69, 9.17) is 14.6 Å². The molecule has 0 spiro atoms. The molecule has 5 aromatic rings. The molecule has 36 heavy (non-hydrogen) atoms. The number of aryl methyl sites for hydroxylation is 1. The monoisotopic (exact) mass is 505 g/mol. The minimum atomic E-state index is -3.57. The normalized spacial score (nSPS) is 16.1. The second kappa shape index (κ2) is 8.57. The lowest BCUT2D eigenvalue weighted by Gasteiger charge is -2.15. The van der Waals surface area contributed by atoms with Crippen LogP contribution < -0.4 is 9.46 Å². The molecular weight excluding hydrogens is 482 g/mol. The van der Waals surface area contributed by atoms with E-state index in [2.05, 4.69) is 19.8 Å². The standard InChI is InChI=1S/C24H23N7O4S/c1-15-18-12-26-20(19-13-27-30-8-3-7-25-24(19)30)11-22(18)31(28-15)21-5-4-16(10-23(21)34-2)29-36(32,33)17-6-9-35-14-17/h3-5,7-8,10-13,17,29H,6,9,14H2,1-2H3. The molecule has 184 valence electrons. The molecule has 1 saturated heterocycles. The predicted octanol–water partition coefficient (Wildman–Crippen LogP) is 2.98. The molecule has 0 radical (unpaired) electrons. The summed E-state index contributed by atoms with van der Waals surface area (Å²) in [5.41, 5.74) is 4.91. The topological polar surface area (TPSA) is 126 Å². The fraction of sp³-hybridized carbons (Fsp3) is 0.250. The van der Waals surface area contributed by atoms with Gasteiger partial charge in [-0.25, -0.2) is 22.6 Å². The van der Waals surface area contributed by atoms with Crippen LogP contribution in [0, 0.1) is 6.92 Å². The zero-order valence-electron chi connectivity index (χ0n) is 19.6. The van der Waals surface area contributed by atoms with Crippen molar-refractivity contribution < 1.29 is 17.9 Å². The van der Waals surface area contributed by atoms with Gasteiger partial charge in [-0.05, 0) is 37.6 Å². The summed E-state index contributed by atoms with van der Waals surface area (Å²) in [6.45, 7) is 2.55. The number of pyridine rings is 1. The number of nitrogens with zero attached hydrogens (tertiary/aromatic N) is 6. The van der Waals surface area contributed by atoms with Crippen LogP contribution in [0.15, 0.2) is 55.1 Å². The number of sulfonamides is 1. The van der Waals surface area contributed by atoms with Crippen molar-refractivity contribution in [1.82, 2.24) is 29.4 Å². The molecule has 0 aliphatic carbocycles. The van der Waals surface area contributed by atoms with E-state index >= 15 is 0 Å². The molecule has 4 aromatic heterocycles. The van der Waals surface area contributed by atoms with Gasteiger partial charge in [-0.1, -0.05) is 0 Å². The van der Waals surface area contributed by atoms with Gasteiger partial charge in [0.05, 0.1) is 48.1 Å². The third-order valence-corrected chi connectivity index (χ3v) is 8.07. The van der Waals surface area contributed by atoms with Crippen LogP contribution in [-0.4, -0.2) is 63.4 Å². The minimum absolute atomic E-state index is 0.196. The fourth-order valence-electron chi connectivity index (χ4n) is 4.42. The Bertz CT molecular complexity index is 1700. The Hall–Kier alpha value is -4.03. The number of ether oxygens (including phenoxy) is 2. The summed E-state index contributed by atoms with van der Waals surface area (Å²) in [5, 5.41) is 9.41. The molecule has 0 amide bonds. The largest absolute Gasteiger partial charge is 0.494 e. The Kier molecular flexibility index (Phi) is 5.34. The fourth-order valence-corrected chi connectivity index (χ4v) is 5.72. The van der Waals surface area contributed by atoms with Gasteiger partial charge in [0.25, 0.3) is 0 Å². The van der Waals surface area contributed by atoms with Crippen molar-refractivity contribution in [3.05, 3.63) is 60.8 Å². The van der Waals surface area contributed by atoms with Gasteiger partial charge in [0.15, 0.2) is 5.65 Å². The SMILES string of the molecule is COc1cc(NS(=O)(=O)C2CCOC2)ccc1-n1nc(C)c2cnc(-c3cnn4cccnc34)cc21. The van der Waals surface area contributed by atoms with Crippen molar-refractivity contribution >= 4 is 32.3 Å². The summed E-state index contributed by atoms with van der Waals surface area (Å²) in [7, 11) is -2.03. The summed E-state index contributed by atoms with van der Waals surface area (Å²) in [4.78, 5) is 9.07. The van der Waals surface area contributed by atoms with Crippen LogP contribution >= 0.6 is 0 Å². The van der Waals surface area contributed by atoms with Crippen molar-refractivity contribution in [2.24, 2.45) is 0 Å². The van der Waals surface area contributed by atoms with E-state index in [1.165, 1.54) is 7.11 Å². The second-order valence-electron chi connectivity index (χ2n) is 8.55. The summed E-state index contributed by atoms with van der Waals surface area (Å²) in [6, 6.07) is 8.90. The second-order valence-corrected chi connectivity index (χ2v) is 10.5. The van der Waals surface area contributed by atoms with E-state index in [9.17, 15) is 8.42 Å². The molecule has 1 atom stereocenters. The van der Waals surface area contributed by atoms with E-state index < -0.39 is 15.3 Å². The zero-order chi connectivity index (χ0) is 24.9. The minimum Gasteiger partial charge on any atom is -0.494 e. The molecule has 1 aromatic carbocycles. The van der Waals surface area contributed by atoms with Crippen LogP contribution in [0.3, 0.4) is 0 Å². The first kappa shape index (κ1) is 22.4. The molecule has 1 fully saturated rings. The molecule has 0 bridgehead atoms. The van der Waals surface area contributed by atoms with Crippen LogP contribution in [-0.2, 0) is 14.8 Å². The Balaban J connectivity index is 1.42. The smallest absolute Gasteiger partial charge is 0.237 e. The molecule has 5 heterocycles. The summed E-state index contributed by atoms with van der Waals surface area (Å²) >= 11 is 0. The number of hydrogen-bond donors (Lipinski definition) is 1. The summed E-state index contributed by atoms with van der Waals surface area (Å²) in [5.74, 6) is 0.471. The molecule has 1 aliphatic rings. The molecule has 6 rings (SSSR count). The van der Waals surface area contributed by atoms with Crippen molar-refractivity contribution in [2.75, 3.05) is 25.0 Å². The van der Waals surface area contributed by atoms with E-state index in [0.717, 1.165) is 22.2 Å². The number of rotatable bonds is 6. The van der Waals surface area contributed by atoms with Gasteiger partial charge < -0.3 is 9.47 Å². The first-order valence-electron chi connectivity index (χ1n) is 11.4. The average molecular weight is 506 g/mol. The number of benzene rings is 1. The van der Waals surface area contributed by atoms with E-state index in [1.807, 2.05) is 25.3 Å². The highest BCUT2D eigenvalue weighted by Crippen LogP contribution is 2.33. The van der Waals surface area contributed by atoms with Crippen LogP contribution in [0.4, 0.5) is 5.69 Å². The number of hydrogen-bond acceptors (Lipinski definition) is 8. The Morgan fingerprint density at radius 1 is 1.19 bits per heavy atom. The van der Waals surface area contributed by atoms with Crippen LogP contribution in [0.1, 0.15) is 12.1 Å². The summed E-state index contributed by atoms with van der Waals surface area (Å²) < 4.78 is 42.4. The quantitative estimate of drug-likeness (QED) is 0.373. The molecule has 1 N–H and O–H groups in total. The number of aromatic nitrogens is 6. The third kappa shape index (κ3) is 3.74. The van der Waals surface area contributed by atoms with Gasteiger partial charge >= 0.3 is 0 Å². The Labute approximate surface area is 206 Å². The number of nitrogens with one attached hydrogen (secondary N) is 1. The van der Waals surface area contributed by atoms with Crippen LogP contribution in [0.5, 0.6) is 5.75 Å². The first-order valence-corrected chi connectivity index (χ1v) is 12.9. The van der Waals surface area contributed by atoms with Gasteiger partial charge in [0, 0.05) is 36.7 Å². The van der Waals surface area contributed by atoms with Crippen LogP contribution in [0.2, 0.25) is 0 Å². The predicted molar refractivity (Wildman–Crippen MR) is 134 cm³/mol. The van der Waals surface area contributed by atoms with Crippen molar-refractivity contribution in [3.63, 3.8) is 0 Å². The average Bonchev–Trinajstić information content (AvgIpc) is 3.63. The van der Waals surface area contributed by atoms with Gasteiger partial charge in [-0.15, -0.1) is 0 Å². The van der Waals surface area contributed by atoms with Gasteiger partial charge in [0.1, 0.15) is 16.7 Å². The Morgan fingerprint density at radius 3 is 2.89 bits per heavy atom. The van der Waals surface area contributed by atoms with E-state index in [-0.39, 0.29) is 6.61 Å². The third-order valence-electron chi connectivity index (χ3n) is 6.30. The lowest BCUT2D eigenvalue weighted by atomic mass is 10.1. The van der Waals surface area contributed by atoms with Gasteiger partial charge in [-0.3, -0.25) is 9.71 Å². The molecule has 0 saturated carbocycles. The lowest BCUT2D eigenvalue weighted by molar-refractivity contribution is 0.198. The number of fused-ring (bicyclic) bond motifs is 2. The summed E-state index contributed by atoms with van der Waals surface area (Å²) in [6.07, 6.45) is 7.55. The number of methoxy groups -OCH3 is 1. The Morgan fingerprint density at radius 2 is 2.08 bits per heavy atom. The van der Waals surface area contributed by atoms with Crippen molar-refractivity contribution in [2.45, 2.75) is 18.6 Å². The highest BCUT2D eigenvalue weighted by atomic mass is 32.2. The van der Waals surface area contributed by atoms with E-state index in [1.54, 1.807) is 46.0 Å². The number of anilines is 1. The molecule has 11 nitrogen and oxygen atoms in total. The van der Waals surface area contributed by atoms with E-state index in [0.29, 0.717) is 41.5 Å². The highest BCUT2D eigenvalue weighted by Gasteiger charge is 2.30. The maximum absolute atomic E-state index is 12.7. The zero-order valence-corrected chi connectivity index (χ0v) is 20.4. The van der Waals surface area contributed by atoms with Crippen molar-refractivity contribution in [3.8, 4) is 22.7 Å². The molecule has 1 aliphatic heterocycles. The van der Waals surface area contributed by atoms with Crippen molar-refractivity contribution in [1.29, 1.82) is 0 Å². The highest BCUT2D eigenvalue weighted by molar-refractivity contribution is 7.93. The van der Waals surface area contributed by atoms with Gasteiger partial charge in [0.2, 0.25) is 10.0 Å². The van der Waals surface area contributed by atoms with Gasteiger partial charge in [-0.2, -0.15) is 10.2 Å². The maximum atomic E-state index is 12.7. The lowest BCUT2D eigenvalue weighted by Crippen LogP contribution is -2.28. The molecule has 12 heteroatoms.